The van der Waals surface area contributed by atoms with Crippen LogP contribution in [0.2, 0.25) is 0 Å². The second-order valence-corrected chi connectivity index (χ2v) is 6.37. The highest BCUT2D eigenvalue weighted by molar-refractivity contribution is 6.21. The maximum absolute atomic E-state index is 12.7. The van der Waals surface area contributed by atoms with Gasteiger partial charge in [0.2, 0.25) is 5.91 Å². The number of anilines is 1. The fourth-order valence-corrected chi connectivity index (χ4v) is 3.45. The molecule has 1 aromatic carbocycles. The van der Waals surface area contributed by atoms with Crippen molar-refractivity contribution in [3.8, 4) is 5.75 Å². The van der Waals surface area contributed by atoms with E-state index in [4.69, 9.17) is 4.74 Å². The highest BCUT2D eigenvalue weighted by Crippen LogP contribution is 2.26. The molecule has 1 N–H and O–H groups in total. The summed E-state index contributed by atoms with van der Waals surface area (Å²) in [5, 5.41) is 0. The average Bonchev–Trinajstić information content (AvgIpc) is 2.83. The molecule has 0 bridgehead atoms. The van der Waals surface area contributed by atoms with Crippen molar-refractivity contribution in [2.75, 3.05) is 25.1 Å². The van der Waals surface area contributed by atoms with Gasteiger partial charge in [0.1, 0.15) is 5.75 Å². The third-order valence-electron chi connectivity index (χ3n) is 4.87. The molecule has 22 heavy (non-hydrogen) atoms. The Bertz CT molecular complexity index is 579. The van der Waals surface area contributed by atoms with Crippen molar-refractivity contribution in [3.63, 3.8) is 0 Å². The van der Waals surface area contributed by atoms with Crippen molar-refractivity contribution in [2.24, 2.45) is 5.92 Å². The SMILES string of the molecule is COc1cccc(N2C(=O)C[C@H]([NH+]3CCC(C)CC3)C2=O)c1. The fourth-order valence-electron chi connectivity index (χ4n) is 3.45. The number of hydrogen-bond acceptors (Lipinski definition) is 3. The summed E-state index contributed by atoms with van der Waals surface area (Å²) in [7, 11) is 1.58. The summed E-state index contributed by atoms with van der Waals surface area (Å²) in [6.45, 7) is 4.22. The van der Waals surface area contributed by atoms with E-state index < -0.39 is 0 Å². The smallest absolute Gasteiger partial charge is 0.292 e. The quantitative estimate of drug-likeness (QED) is 0.834. The van der Waals surface area contributed by atoms with Gasteiger partial charge in [0.15, 0.2) is 6.04 Å². The predicted octanol–water partition coefficient (Wildman–Crippen LogP) is 0.642. The minimum absolute atomic E-state index is 0.0668. The van der Waals surface area contributed by atoms with Gasteiger partial charge in [-0.3, -0.25) is 9.59 Å². The van der Waals surface area contributed by atoms with Gasteiger partial charge in [0, 0.05) is 6.07 Å². The number of rotatable bonds is 3. The second-order valence-electron chi connectivity index (χ2n) is 6.37. The average molecular weight is 303 g/mol. The van der Waals surface area contributed by atoms with Crippen LogP contribution in [0.3, 0.4) is 0 Å². The Labute approximate surface area is 130 Å². The molecule has 2 amide bonds. The Balaban J connectivity index is 1.79. The molecule has 2 fully saturated rings. The molecule has 5 heteroatoms. The maximum atomic E-state index is 12.7. The molecule has 2 aliphatic rings. The molecular weight excluding hydrogens is 280 g/mol. The van der Waals surface area contributed by atoms with Gasteiger partial charge < -0.3 is 9.64 Å². The first-order valence-electron chi connectivity index (χ1n) is 7.95. The number of carbonyl (C=O) groups excluding carboxylic acids is 2. The highest BCUT2D eigenvalue weighted by atomic mass is 16.5. The summed E-state index contributed by atoms with van der Waals surface area (Å²) < 4.78 is 5.19. The van der Waals surface area contributed by atoms with E-state index in [2.05, 4.69) is 6.92 Å². The first-order chi connectivity index (χ1) is 10.6. The van der Waals surface area contributed by atoms with E-state index in [1.807, 2.05) is 6.07 Å². The summed E-state index contributed by atoms with van der Waals surface area (Å²) in [6.07, 6.45) is 2.58. The van der Waals surface area contributed by atoms with Crippen LogP contribution in [-0.2, 0) is 9.59 Å². The number of carbonyl (C=O) groups is 2. The number of imide groups is 1. The number of nitrogens with one attached hydrogen (secondary N) is 1. The predicted molar refractivity (Wildman–Crippen MR) is 83.0 cm³/mol. The van der Waals surface area contributed by atoms with Crippen LogP contribution in [0.15, 0.2) is 24.3 Å². The molecule has 2 saturated heterocycles. The number of amides is 2. The largest absolute Gasteiger partial charge is 0.497 e. The van der Waals surface area contributed by atoms with Crippen molar-refractivity contribution in [2.45, 2.75) is 32.2 Å². The number of methoxy groups -OCH3 is 1. The van der Waals surface area contributed by atoms with Crippen molar-refractivity contribution in [1.29, 1.82) is 0 Å². The number of nitrogens with zero attached hydrogens (tertiary/aromatic N) is 1. The second kappa shape index (κ2) is 6.08. The van der Waals surface area contributed by atoms with Crippen LogP contribution >= 0.6 is 0 Å². The third kappa shape index (κ3) is 2.73. The first kappa shape index (κ1) is 15.0. The summed E-state index contributed by atoms with van der Waals surface area (Å²) in [5.74, 6) is 1.21. The van der Waals surface area contributed by atoms with Crippen LogP contribution in [0.25, 0.3) is 0 Å². The van der Waals surface area contributed by atoms with Gasteiger partial charge in [-0.15, -0.1) is 0 Å². The van der Waals surface area contributed by atoms with Gasteiger partial charge in [0.05, 0.1) is 32.3 Å². The standard InChI is InChI=1S/C17H22N2O3/c1-12-6-8-18(9-7-12)15-11-16(20)19(17(15)21)13-4-3-5-14(10-13)22-2/h3-5,10,12,15H,6-9,11H2,1-2H3/p+1/t15-/m0/s1. The lowest BCUT2D eigenvalue weighted by Gasteiger charge is -2.30. The molecule has 1 atom stereocenters. The monoisotopic (exact) mass is 303 g/mol. The maximum Gasteiger partial charge on any atom is 0.292 e. The molecule has 5 nitrogen and oxygen atoms in total. The number of hydrogen-bond donors (Lipinski definition) is 1. The number of likely N-dealkylation sites (tertiary alicyclic amines) is 1. The molecule has 0 aromatic heterocycles. The lowest BCUT2D eigenvalue weighted by molar-refractivity contribution is -0.920. The minimum Gasteiger partial charge on any atom is -0.497 e. The van der Waals surface area contributed by atoms with Gasteiger partial charge >= 0.3 is 0 Å². The van der Waals surface area contributed by atoms with E-state index in [0.29, 0.717) is 17.9 Å². The summed E-state index contributed by atoms with van der Waals surface area (Å²) in [6, 6.07) is 6.92. The molecule has 1 aromatic rings. The van der Waals surface area contributed by atoms with Crippen LogP contribution < -0.4 is 14.5 Å². The van der Waals surface area contributed by atoms with Gasteiger partial charge in [0.25, 0.3) is 5.91 Å². The van der Waals surface area contributed by atoms with Crippen molar-refractivity contribution >= 4 is 17.5 Å². The van der Waals surface area contributed by atoms with Gasteiger partial charge in [-0.2, -0.15) is 0 Å². The van der Waals surface area contributed by atoms with Gasteiger partial charge in [-0.1, -0.05) is 13.0 Å². The van der Waals surface area contributed by atoms with E-state index in [-0.39, 0.29) is 17.9 Å². The Kier molecular flexibility index (Phi) is 4.16. The first-order valence-corrected chi connectivity index (χ1v) is 7.95. The lowest BCUT2D eigenvalue weighted by atomic mass is 9.97. The van der Waals surface area contributed by atoms with Crippen LogP contribution in [-0.4, -0.2) is 38.1 Å². The van der Waals surface area contributed by atoms with E-state index >= 15 is 0 Å². The number of ether oxygens (including phenoxy) is 1. The van der Waals surface area contributed by atoms with E-state index in [1.165, 1.54) is 9.80 Å². The minimum atomic E-state index is -0.216. The molecule has 0 saturated carbocycles. The molecule has 3 rings (SSSR count). The molecule has 2 aliphatic heterocycles. The topological polar surface area (TPSA) is 51.0 Å². The van der Waals surface area contributed by atoms with E-state index in [1.54, 1.807) is 25.3 Å². The zero-order valence-corrected chi connectivity index (χ0v) is 13.2. The van der Waals surface area contributed by atoms with Crippen molar-refractivity contribution in [1.82, 2.24) is 0 Å². The zero-order chi connectivity index (χ0) is 15.7. The number of benzene rings is 1. The van der Waals surface area contributed by atoms with Gasteiger partial charge in [-0.05, 0) is 30.9 Å². The number of piperidine rings is 1. The molecule has 0 aliphatic carbocycles. The molecule has 0 spiro atoms. The fraction of sp³-hybridized carbons (Fsp3) is 0.529. The molecule has 2 heterocycles. The third-order valence-corrected chi connectivity index (χ3v) is 4.87. The molecule has 0 unspecified atom stereocenters. The lowest BCUT2D eigenvalue weighted by Crippen LogP contribution is -3.17. The van der Waals surface area contributed by atoms with Crippen LogP contribution in [0.4, 0.5) is 5.69 Å². The van der Waals surface area contributed by atoms with E-state index in [0.717, 1.165) is 31.8 Å². The molecule has 0 radical (unpaired) electrons. The van der Waals surface area contributed by atoms with Gasteiger partial charge in [-0.25, -0.2) is 4.90 Å². The Hall–Kier alpha value is -1.88. The zero-order valence-electron chi connectivity index (χ0n) is 13.2. The summed E-state index contributed by atoms with van der Waals surface area (Å²) in [4.78, 5) is 27.7. The van der Waals surface area contributed by atoms with Crippen molar-refractivity contribution < 1.29 is 19.2 Å². The molecular formula is C17H23N2O3+. The molecule has 118 valence electrons. The summed E-state index contributed by atoms with van der Waals surface area (Å²) in [5.41, 5.74) is 0.613. The number of quaternary nitrogens is 1. The Morgan fingerprint density at radius 1 is 1.23 bits per heavy atom. The van der Waals surface area contributed by atoms with Crippen LogP contribution in [0.5, 0.6) is 5.75 Å². The summed E-state index contributed by atoms with van der Waals surface area (Å²) >= 11 is 0. The normalized spacial score (nSPS) is 29.0. The van der Waals surface area contributed by atoms with Crippen LogP contribution in [0, 0.1) is 5.92 Å². The highest BCUT2D eigenvalue weighted by Gasteiger charge is 2.46. The van der Waals surface area contributed by atoms with E-state index in [9.17, 15) is 9.59 Å². The Morgan fingerprint density at radius 2 is 1.95 bits per heavy atom. The van der Waals surface area contributed by atoms with Crippen molar-refractivity contribution in [3.05, 3.63) is 24.3 Å². The van der Waals surface area contributed by atoms with Crippen LogP contribution in [0.1, 0.15) is 26.2 Å². The Morgan fingerprint density at radius 3 is 2.64 bits per heavy atom.